The van der Waals surface area contributed by atoms with Gasteiger partial charge < -0.3 is 20.3 Å². The Kier molecular flexibility index (Phi) is 7.45. The molecule has 3 N–H and O–H groups in total. The average Bonchev–Trinajstić information content (AvgIpc) is 3.22. The number of aromatic carboxylic acids is 1. The summed E-state index contributed by atoms with van der Waals surface area (Å²) < 4.78 is 2.23. The number of carbonyl (C=O) groups is 2. The van der Waals surface area contributed by atoms with E-state index in [0.717, 1.165) is 52.9 Å². The highest BCUT2D eigenvalue weighted by atomic mass is 16.4. The number of imidazole rings is 1. The zero-order chi connectivity index (χ0) is 24.8. The van der Waals surface area contributed by atoms with Crippen LogP contribution < -0.4 is 10.6 Å². The first-order valence-corrected chi connectivity index (χ1v) is 11.9. The van der Waals surface area contributed by atoms with Crippen LogP contribution in [0.4, 0.5) is 5.69 Å². The number of hydrogen-bond donors (Lipinski definition) is 3. The van der Waals surface area contributed by atoms with Crippen molar-refractivity contribution in [2.75, 3.05) is 18.9 Å². The summed E-state index contributed by atoms with van der Waals surface area (Å²) >= 11 is 0. The summed E-state index contributed by atoms with van der Waals surface area (Å²) in [5.74, 6) is 0.0216. The van der Waals surface area contributed by atoms with E-state index >= 15 is 0 Å². The number of benzene rings is 3. The third-order valence-electron chi connectivity index (χ3n) is 6.08. The lowest BCUT2D eigenvalue weighted by atomic mass is 9.99. The van der Waals surface area contributed by atoms with Gasteiger partial charge >= 0.3 is 5.97 Å². The van der Waals surface area contributed by atoms with Gasteiger partial charge in [0.05, 0.1) is 23.1 Å². The van der Waals surface area contributed by atoms with Crippen LogP contribution in [0.1, 0.15) is 41.5 Å². The number of likely N-dealkylation sites (N-methyl/N-ethyl adjacent to an activating group) is 1. The molecule has 180 valence electrons. The number of aryl methyl sites for hydroxylation is 1. The van der Waals surface area contributed by atoms with Gasteiger partial charge in [0, 0.05) is 25.7 Å². The van der Waals surface area contributed by atoms with Crippen LogP contribution in [0.5, 0.6) is 0 Å². The van der Waals surface area contributed by atoms with Gasteiger partial charge in [-0.1, -0.05) is 55.8 Å². The number of unbranched alkanes of at least 4 members (excludes halogenated alkanes) is 1. The standard InChI is InChI=1S/C28H30N4O3/c1-3-4-9-26-31-24-15-14-21(30-17-27(33)29-2)16-25(24)32(26)18-19-10-12-20(13-11-19)22-7-5-6-8-23(22)28(34)35/h5-8,10-16,30H,3-4,9,17-18H2,1-2H3,(H,29,33)(H,34,35). The molecule has 0 aliphatic heterocycles. The highest BCUT2D eigenvalue weighted by Crippen LogP contribution is 2.26. The lowest BCUT2D eigenvalue weighted by Gasteiger charge is -2.12. The average molecular weight is 471 g/mol. The highest BCUT2D eigenvalue weighted by Gasteiger charge is 2.14. The SMILES string of the molecule is CCCCc1nc2ccc(NCC(=O)NC)cc2n1Cc1ccc(-c2ccccc2C(=O)O)cc1. The van der Waals surface area contributed by atoms with E-state index < -0.39 is 5.97 Å². The molecule has 0 aliphatic carbocycles. The number of nitrogens with one attached hydrogen (secondary N) is 2. The number of nitrogens with zero attached hydrogens (tertiary/aromatic N) is 2. The molecule has 0 unspecified atom stereocenters. The molecule has 1 aromatic heterocycles. The number of aromatic nitrogens is 2. The molecule has 0 spiro atoms. The number of amides is 1. The van der Waals surface area contributed by atoms with E-state index in [9.17, 15) is 14.7 Å². The van der Waals surface area contributed by atoms with Gasteiger partial charge in [-0.3, -0.25) is 4.79 Å². The van der Waals surface area contributed by atoms with Crippen molar-refractivity contribution in [3.63, 3.8) is 0 Å². The Morgan fingerprint density at radius 2 is 1.80 bits per heavy atom. The minimum absolute atomic E-state index is 0.0770. The zero-order valence-corrected chi connectivity index (χ0v) is 20.0. The maximum Gasteiger partial charge on any atom is 0.336 e. The van der Waals surface area contributed by atoms with Gasteiger partial charge in [-0.2, -0.15) is 0 Å². The van der Waals surface area contributed by atoms with Gasteiger partial charge in [-0.05, 0) is 47.4 Å². The molecule has 1 heterocycles. The molecule has 1 amide bonds. The molecule has 7 heteroatoms. The van der Waals surface area contributed by atoms with Crippen molar-refractivity contribution in [3.8, 4) is 11.1 Å². The molecule has 0 saturated carbocycles. The third kappa shape index (κ3) is 5.51. The topological polar surface area (TPSA) is 96.3 Å². The molecule has 0 bridgehead atoms. The fourth-order valence-electron chi connectivity index (χ4n) is 4.15. The summed E-state index contributed by atoms with van der Waals surface area (Å²) in [5, 5.41) is 15.3. The minimum Gasteiger partial charge on any atom is -0.478 e. The largest absolute Gasteiger partial charge is 0.478 e. The Bertz CT molecular complexity index is 1340. The number of carbonyl (C=O) groups excluding carboxylic acids is 1. The second-order valence-corrected chi connectivity index (χ2v) is 8.50. The summed E-state index contributed by atoms with van der Waals surface area (Å²) in [5.41, 5.74) is 5.77. The van der Waals surface area contributed by atoms with Gasteiger partial charge in [0.2, 0.25) is 5.91 Å². The molecule has 0 aliphatic rings. The van der Waals surface area contributed by atoms with E-state index in [0.29, 0.717) is 17.7 Å². The van der Waals surface area contributed by atoms with Crippen LogP contribution in [0.25, 0.3) is 22.2 Å². The second kappa shape index (κ2) is 10.9. The Balaban J connectivity index is 1.65. The third-order valence-corrected chi connectivity index (χ3v) is 6.08. The van der Waals surface area contributed by atoms with E-state index in [1.165, 1.54) is 0 Å². The molecular formula is C28H30N4O3. The maximum atomic E-state index is 11.6. The van der Waals surface area contributed by atoms with Crippen molar-refractivity contribution in [1.29, 1.82) is 0 Å². The Morgan fingerprint density at radius 1 is 1.03 bits per heavy atom. The van der Waals surface area contributed by atoms with Crippen molar-refractivity contribution < 1.29 is 14.7 Å². The van der Waals surface area contributed by atoms with E-state index in [2.05, 4.69) is 22.1 Å². The quantitative estimate of drug-likeness (QED) is 0.305. The first-order valence-electron chi connectivity index (χ1n) is 11.9. The number of rotatable bonds is 10. The number of hydrogen-bond acceptors (Lipinski definition) is 4. The summed E-state index contributed by atoms with van der Waals surface area (Å²) in [7, 11) is 1.62. The van der Waals surface area contributed by atoms with Crippen LogP contribution in [-0.4, -0.2) is 40.1 Å². The lowest BCUT2D eigenvalue weighted by Crippen LogP contribution is -2.26. The lowest BCUT2D eigenvalue weighted by molar-refractivity contribution is -0.118. The van der Waals surface area contributed by atoms with Crippen LogP contribution in [0.15, 0.2) is 66.7 Å². The first-order chi connectivity index (χ1) is 17.0. The van der Waals surface area contributed by atoms with Crippen molar-refractivity contribution in [1.82, 2.24) is 14.9 Å². The molecule has 0 saturated heterocycles. The predicted molar refractivity (Wildman–Crippen MR) is 139 cm³/mol. The van der Waals surface area contributed by atoms with Crippen LogP contribution in [0.3, 0.4) is 0 Å². The number of fused-ring (bicyclic) bond motifs is 1. The fourth-order valence-corrected chi connectivity index (χ4v) is 4.15. The van der Waals surface area contributed by atoms with E-state index in [-0.39, 0.29) is 12.5 Å². The van der Waals surface area contributed by atoms with Crippen molar-refractivity contribution in [2.24, 2.45) is 0 Å². The monoisotopic (exact) mass is 470 g/mol. The van der Waals surface area contributed by atoms with E-state index in [1.807, 2.05) is 54.6 Å². The van der Waals surface area contributed by atoms with Crippen LogP contribution in [-0.2, 0) is 17.8 Å². The molecule has 35 heavy (non-hydrogen) atoms. The van der Waals surface area contributed by atoms with Gasteiger partial charge in [0.25, 0.3) is 0 Å². The number of anilines is 1. The predicted octanol–water partition coefficient (Wildman–Crippen LogP) is 4.95. The number of carboxylic acids is 1. The maximum absolute atomic E-state index is 11.6. The zero-order valence-electron chi connectivity index (χ0n) is 20.0. The Hall–Kier alpha value is -4.13. The molecular weight excluding hydrogens is 440 g/mol. The molecule has 0 atom stereocenters. The van der Waals surface area contributed by atoms with Crippen LogP contribution in [0.2, 0.25) is 0 Å². The number of carboxylic acid groups (broad SMARTS) is 1. The molecule has 4 aromatic rings. The van der Waals surface area contributed by atoms with E-state index in [4.69, 9.17) is 4.98 Å². The van der Waals surface area contributed by atoms with Crippen molar-refractivity contribution in [3.05, 3.63) is 83.7 Å². The summed E-state index contributed by atoms with van der Waals surface area (Å²) in [6.07, 6.45) is 3.02. The molecule has 3 aromatic carbocycles. The van der Waals surface area contributed by atoms with Crippen molar-refractivity contribution in [2.45, 2.75) is 32.7 Å². The minimum atomic E-state index is -0.934. The molecule has 0 fully saturated rings. The van der Waals surface area contributed by atoms with Crippen molar-refractivity contribution >= 4 is 28.6 Å². The smallest absolute Gasteiger partial charge is 0.336 e. The van der Waals surface area contributed by atoms with Gasteiger partial charge in [-0.25, -0.2) is 9.78 Å². The normalized spacial score (nSPS) is 10.9. The van der Waals surface area contributed by atoms with Gasteiger partial charge in [0.15, 0.2) is 0 Å². The summed E-state index contributed by atoms with van der Waals surface area (Å²) in [6.45, 7) is 3.02. The van der Waals surface area contributed by atoms with Gasteiger partial charge in [0.1, 0.15) is 5.82 Å². The molecule has 7 nitrogen and oxygen atoms in total. The molecule has 0 radical (unpaired) electrons. The first kappa shape index (κ1) is 24.0. The molecule has 4 rings (SSSR count). The van der Waals surface area contributed by atoms with E-state index in [1.54, 1.807) is 19.2 Å². The fraction of sp³-hybridized carbons (Fsp3) is 0.250. The summed E-state index contributed by atoms with van der Waals surface area (Å²) in [6, 6.07) is 21.0. The summed E-state index contributed by atoms with van der Waals surface area (Å²) in [4.78, 5) is 28.1. The second-order valence-electron chi connectivity index (χ2n) is 8.50. The Morgan fingerprint density at radius 3 is 2.51 bits per heavy atom. The van der Waals surface area contributed by atoms with Gasteiger partial charge in [-0.15, -0.1) is 0 Å². The van der Waals surface area contributed by atoms with Crippen LogP contribution in [0, 0.1) is 0 Å². The Labute approximate surface area is 204 Å². The van der Waals surface area contributed by atoms with Crippen LogP contribution >= 0.6 is 0 Å². The highest BCUT2D eigenvalue weighted by molar-refractivity contribution is 5.96.